The van der Waals surface area contributed by atoms with E-state index in [-0.39, 0.29) is 11.8 Å². The summed E-state index contributed by atoms with van der Waals surface area (Å²) in [6.07, 6.45) is 8.79. The zero-order valence-corrected chi connectivity index (χ0v) is 15.4. The molecule has 0 aromatic heterocycles. The van der Waals surface area contributed by atoms with E-state index in [1.807, 2.05) is 0 Å². The van der Waals surface area contributed by atoms with E-state index in [0.29, 0.717) is 17.8 Å². The first-order chi connectivity index (χ1) is 12.1. The smallest absolute Gasteiger partial charge is 0.251 e. The SMILES string of the molecule is CC(=O)Nc1cccc(C(=O)NCCCCCN2CCCCCC2)c1. The first-order valence-electron chi connectivity index (χ1n) is 9.53. The number of likely N-dealkylation sites (tertiary alicyclic amines) is 1. The number of carbonyl (C=O) groups is 2. The summed E-state index contributed by atoms with van der Waals surface area (Å²) >= 11 is 0. The highest BCUT2D eigenvalue weighted by Gasteiger charge is 2.09. The van der Waals surface area contributed by atoms with Crippen LogP contribution in [0, 0.1) is 0 Å². The van der Waals surface area contributed by atoms with Crippen molar-refractivity contribution in [1.29, 1.82) is 0 Å². The number of hydrogen-bond acceptors (Lipinski definition) is 3. The Kier molecular flexibility index (Phi) is 8.46. The Morgan fingerprint density at radius 3 is 2.52 bits per heavy atom. The lowest BCUT2D eigenvalue weighted by molar-refractivity contribution is -0.114. The lowest BCUT2D eigenvalue weighted by atomic mass is 10.1. The van der Waals surface area contributed by atoms with Crippen LogP contribution in [0.2, 0.25) is 0 Å². The van der Waals surface area contributed by atoms with Gasteiger partial charge in [0.2, 0.25) is 5.91 Å². The van der Waals surface area contributed by atoms with Gasteiger partial charge in [0.1, 0.15) is 0 Å². The van der Waals surface area contributed by atoms with E-state index < -0.39 is 0 Å². The number of hydrogen-bond donors (Lipinski definition) is 2. The number of carbonyl (C=O) groups excluding carboxylic acids is 2. The molecule has 2 rings (SSSR count). The summed E-state index contributed by atoms with van der Waals surface area (Å²) in [6.45, 7) is 5.84. The van der Waals surface area contributed by atoms with Gasteiger partial charge in [0.05, 0.1) is 0 Å². The molecule has 0 radical (unpaired) electrons. The zero-order valence-electron chi connectivity index (χ0n) is 15.4. The molecule has 2 N–H and O–H groups in total. The van der Waals surface area contributed by atoms with E-state index in [1.165, 1.54) is 58.7 Å². The molecule has 2 amide bonds. The van der Waals surface area contributed by atoms with Gasteiger partial charge >= 0.3 is 0 Å². The van der Waals surface area contributed by atoms with Crippen molar-refractivity contribution in [3.05, 3.63) is 29.8 Å². The molecule has 0 spiro atoms. The lowest BCUT2D eigenvalue weighted by Crippen LogP contribution is -2.26. The molecule has 1 aliphatic rings. The Bertz CT molecular complexity index is 552. The van der Waals surface area contributed by atoms with E-state index in [0.717, 1.165) is 12.8 Å². The summed E-state index contributed by atoms with van der Waals surface area (Å²) in [5.41, 5.74) is 1.23. The van der Waals surface area contributed by atoms with Gasteiger partial charge in [-0.3, -0.25) is 9.59 Å². The quantitative estimate of drug-likeness (QED) is 0.710. The molecule has 0 unspecified atom stereocenters. The Morgan fingerprint density at radius 2 is 1.80 bits per heavy atom. The van der Waals surface area contributed by atoms with Crippen LogP contribution in [-0.2, 0) is 4.79 Å². The summed E-state index contributed by atoms with van der Waals surface area (Å²) in [4.78, 5) is 25.8. The number of unbranched alkanes of at least 4 members (excludes halogenated alkanes) is 2. The minimum atomic E-state index is -0.137. The molecule has 0 atom stereocenters. The van der Waals surface area contributed by atoms with Gasteiger partial charge in [-0.15, -0.1) is 0 Å². The third-order valence-electron chi connectivity index (χ3n) is 4.58. The molecule has 5 heteroatoms. The van der Waals surface area contributed by atoms with Gasteiger partial charge < -0.3 is 15.5 Å². The van der Waals surface area contributed by atoms with Crippen LogP contribution in [0.5, 0.6) is 0 Å². The molecule has 0 aliphatic carbocycles. The predicted molar refractivity (Wildman–Crippen MR) is 102 cm³/mol. The second kappa shape index (κ2) is 10.9. The third kappa shape index (κ3) is 7.69. The number of nitrogens with zero attached hydrogens (tertiary/aromatic N) is 1. The largest absolute Gasteiger partial charge is 0.352 e. The first kappa shape index (κ1) is 19.4. The molecule has 1 heterocycles. The Hall–Kier alpha value is -1.88. The minimum Gasteiger partial charge on any atom is -0.352 e. The highest BCUT2D eigenvalue weighted by Crippen LogP contribution is 2.12. The minimum absolute atomic E-state index is 0.0836. The average molecular weight is 345 g/mol. The van der Waals surface area contributed by atoms with Gasteiger partial charge in [-0.1, -0.05) is 25.3 Å². The van der Waals surface area contributed by atoms with E-state index in [4.69, 9.17) is 0 Å². The van der Waals surface area contributed by atoms with Crippen molar-refractivity contribution < 1.29 is 9.59 Å². The Labute approximate surface area is 151 Å². The maximum atomic E-state index is 12.2. The lowest BCUT2D eigenvalue weighted by Gasteiger charge is -2.19. The van der Waals surface area contributed by atoms with Crippen LogP contribution in [0.15, 0.2) is 24.3 Å². The van der Waals surface area contributed by atoms with E-state index in [9.17, 15) is 9.59 Å². The monoisotopic (exact) mass is 345 g/mol. The molecule has 1 saturated heterocycles. The van der Waals surface area contributed by atoms with Crippen LogP contribution < -0.4 is 10.6 Å². The highest BCUT2D eigenvalue weighted by molar-refractivity contribution is 5.96. The summed E-state index contributed by atoms with van der Waals surface area (Å²) in [7, 11) is 0. The van der Waals surface area contributed by atoms with Crippen molar-refractivity contribution in [3.63, 3.8) is 0 Å². The van der Waals surface area contributed by atoms with Gasteiger partial charge in [-0.2, -0.15) is 0 Å². The van der Waals surface area contributed by atoms with Crippen molar-refractivity contribution in [2.45, 2.75) is 51.9 Å². The topological polar surface area (TPSA) is 61.4 Å². The summed E-state index contributed by atoms with van der Waals surface area (Å²) in [5.74, 6) is -0.221. The normalized spacial score (nSPS) is 15.4. The maximum absolute atomic E-state index is 12.2. The van der Waals surface area contributed by atoms with Crippen LogP contribution in [0.3, 0.4) is 0 Å². The summed E-state index contributed by atoms with van der Waals surface area (Å²) in [5, 5.41) is 5.66. The van der Waals surface area contributed by atoms with E-state index >= 15 is 0 Å². The number of benzene rings is 1. The van der Waals surface area contributed by atoms with Crippen LogP contribution in [-0.4, -0.2) is 42.9 Å². The number of nitrogens with one attached hydrogen (secondary N) is 2. The predicted octanol–water partition coefficient (Wildman–Crippen LogP) is 3.42. The van der Waals surface area contributed by atoms with Crippen molar-refractivity contribution >= 4 is 17.5 Å². The van der Waals surface area contributed by atoms with Gasteiger partial charge in [0.15, 0.2) is 0 Å². The molecule has 138 valence electrons. The van der Waals surface area contributed by atoms with Gasteiger partial charge in [-0.25, -0.2) is 0 Å². The highest BCUT2D eigenvalue weighted by atomic mass is 16.2. The molecule has 5 nitrogen and oxygen atoms in total. The summed E-state index contributed by atoms with van der Waals surface area (Å²) < 4.78 is 0. The number of amides is 2. The molecule has 25 heavy (non-hydrogen) atoms. The van der Waals surface area contributed by atoms with Crippen molar-refractivity contribution in [1.82, 2.24) is 10.2 Å². The van der Waals surface area contributed by atoms with Crippen LogP contribution in [0.25, 0.3) is 0 Å². The van der Waals surface area contributed by atoms with Crippen LogP contribution in [0.4, 0.5) is 5.69 Å². The molecule has 0 bridgehead atoms. The maximum Gasteiger partial charge on any atom is 0.251 e. The molecular weight excluding hydrogens is 314 g/mol. The standard InChI is InChI=1S/C20H31N3O2/c1-17(24)22-19-11-9-10-18(16-19)20(25)21-12-5-4-8-15-23-13-6-2-3-7-14-23/h9-11,16H,2-8,12-15H2,1H3,(H,21,25)(H,22,24). The van der Waals surface area contributed by atoms with Crippen molar-refractivity contribution in [2.24, 2.45) is 0 Å². The van der Waals surface area contributed by atoms with Gasteiger partial charge in [-0.05, 0) is 63.5 Å². The fourth-order valence-electron chi connectivity index (χ4n) is 3.24. The second-order valence-corrected chi connectivity index (χ2v) is 6.83. The molecule has 0 saturated carbocycles. The van der Waals surface area contributed by atoms with Gasteiger partial charge in [0.25, 0.3) is 5.91 Å². The van der Waals surface area contributed by atoms with Gasteiger partial charge in [0, 0.05) is 24.7 Å². The number of rotatable bonds is 8. The summed E-state index contributed by atoms with van der Waals surface area (Å²) in [6, 6.07) is 7.03. The van der Waals surface area contributed by atoms with Crippen LogP contribution in [0.1, 0.15) is 62.2 Å². The molecular formula is C20H31N3O2. The average Bonchev–Trinajstić information content (AvgIpc) is 2.86. The third-order valence-corrected chi connectivity index (χ3v) is 4.58. The number of anilines is 1. The fourth-order valence-corrected chi connectivity index (χ4v) is 3.24. The second-order valence-electron chi connectivity index (χ2n) is 6.83. The fraction of sp³-hybridized carbons (Fsp3) is 0.600. The first-order valence-corrected chi connectivity index (χ1v) is 9.53. The molecule has 1 aromatic carbocycles. The molecule has 1 fully saturated rings. The van der Waals surface area contributed by atoms with E-state index in [1.54, 1.807) is 24.3 Å². The zero-order chi connectivity index (χ0) is 17.9. The Morgan fingerprint density at radius 1 is 1.04 bits per heavy atom. The molecule has 1 aliphatic heterocycles. The van der Waals surface area contributed by atoms with Crippen LogP contribution >= 0.6 is 0 Å². The van der Waals surface area contributed by atoms with Crippen molar-refractivity contribution in [3.8, 4) is 0 Å². The molecule has 1 aromatic rings. The Balaban J connectivity index is 1.61. The van der Waals surface area contributed by atoms with E-state index in [2.05, 4.69) is 15.5 Å². The van der Waals surface area contributed by atoms with Crippen molar-refractivity contribution in [2.75, 3.05) is 31.5 Å².